The molecule has 8 heteroatoms. The quantitative estimate of drug-likeness (QED) is 0.411. The number of piperazine rings is 1. The van der Waals surface area contributed by atoms with E-state index in [1.807, 2.05) is 24.7 Å². The van der Waals surface area contributed by atoms with Crippen molar-refractivity contribution in [1.29, 1.82) is 0 Å². The van der Waals surface area contributed by atoms with Crippen molar-refractivity contribution in [3.63, 3.8) is 0 Å². The molecule has 1 saturated heterocycles. The SMILES string of the molecule is CC(C)(C)c1nccc(COc2cc(-c3cnc(N4CCN(C(C)(C)C)CC4)s3)cnc2N)c1C(C)(C)C. The summed E-state index contributed by atoms with van der Waals surface area (Å²) < 4.78 is 6.31. The number of thiazole rings is 1. The van der Waals surface area contributed by atoms with Gasteiger partial charge in [-0.3, -0.25) is 9.88 Å². The Balaban J connectivity index is 1.52. The molecule has 4 rings (SSSR count). The first-order chi connectivity index (χ1) is 17.6. The first-order valence-electron chi connectivity index (χ1n) is 13.5. The Morgan fingerprint density at radius 3 is 2.18 bits per heavy atom. The maximum absolute atomic E-state index is 6.31. The molecule has 0 radical (unpaired) electrons. The molecular weight excluding hydrogens is 492 g/mol. The van der Waals surface area contributed by atoms with Crippen molar-refractivity contribution < 1.29 is 4.74 Å². The van der Waals surface area contributed by atoms with Crippen molar-refractivity contribution in [2.75, 3.05) is 36.8 Å². The second-order valence-electron chi connectivity index (χ2n) is 13.2. The highest BCUT2D eigenvalue weighted by Crippen LogP contribution is 2.37. The number of anilines is 2. The molecule has 38 heavy (non-hydrogen) atoms. The molecule has 3 aromatic heterocycles. The molecule has 0 unspecified atom stereocenters. The van der Waals surface area contributed by atoms with Crippen LogP contribution in [0.15, 0.2) is 30.7 Å². The molecule has 0 bridgehead atoms. The Labute approximate surface area is 232 Å². The number of nitrogens with two attached hydrogens (primary N) is 1. The number of pyridine rings is 2. The van der Waals surface area contributed by atoms with Crippen LogP contribution in [-0.4, -0.2) is 51.6 Å². The molecule has 2 N–H and O–H groups in total. The summed E-state index contributed by atoms with van der Waals surface area (Å²) in [7, 11) is 0. The fraction of sp³-hybridized carbons (Fsp3) is 0.567. The lowest BCUT2D eigenvalue weighted by molar-refractivity contribution is 0.128. The minimum absolute atomic E-state index is 0.0671. The van der Waals surface area contributed by atoms with E-state index in [1.165, 1.54) is 5.56 Å². The third-order valence-electron chi connectivity index (χ3n) is 7.04. The third kappa shape index (κ3) is 6.29. The van der Waals surface area contributed by atoms with Crippen LogP contribution in [0.1, 0.15) is 79.1 Å². The van der Waals surface area contributed by atoms with Crippen molar-refractivity contribution >= 4 is 22.3 Å². The van der Waals surface area contributed by atoms with Crippen LogP contribution in [0.2, 0.25) is 0 Å². The largest absolute Gasteiger partial charge is 0.485 e. The zero-order valence-corrected chi connectivity index (χ0v) is 25.4. The molecule has 0 amide bonds. The van der Waals surface area contributed by atoms with E-state index >= 15 is 0 Å². The van der Waals surface area contributed by atoms with E-state index in [0.717, 1.165) is 53.0 Å². The lowest BCUT2D eigenvalue weighted by atomic mass is 9.76. The molecule has 1 fully saturated rings. The van der Waals surface area contributed by atoms with E-state index in [1.54, 1.807) is 11.3 Å². The summed E-state index contributed by atoms with van der Waals surface area (Å²) in [6.45, 7) is 24.6. The van der Waals surface area contributed by atoms with Crippen LogP contribution in [0.3, 0.4) is 0 Å². The molecule has 4 heterocycles. The standard InChI is InChI=1S/C30H44N6OS/c1-28(2,3)24-20(10-11-32-25(24)29(4,5)6)19-37-22-16-21(17-33-26(22)31)23-18-34-27(38-23)35-12-14-36(15-13-35)30(7,8)9/h10-11,16-18H,12-15,19H2,1-9H3,(H2,31,33). The first-order valence-corrected chi connectivity index (χ1v) is 14.3. The Hall–Kier alpha value is -2.71. The molecule has 0 spiro atoms. The number of hydrogen-bond donors (Lipinski definition) is 1. The van der Waals surface area contributed by atoms with Gasteiger partial charge in [0.05, 0.1) is 4.88 Å². The summed E-state index contributed by atoms with van der Waals surface area (Å²) >= 11 is 1.69. The minimum Gasteiger partial charge on any atom is -0.485 e. The van der Waals surface area contributed by atoms with Gasteiger partial charge in [0.1, 0.15) is 6.61 Å². The summed E-state index contributed by atoms with van der Waals surface area (Å²) in [4.78, 5) is 19.9. The highest BCUT2D eigenvalue weighted by molar-refractivity contribution is 7.18. The Morgan fingerprint density at radius 1 is 0.895 bits per heavy atom. The van der Waals surface area contributed by atoms with E-state index < -0.39 is 0 Å². The number of rotatable bonds is 5. The second-order valence-corrected chi connectivity index (χ2v) is 14.3. The van der Waals surface area contributed by atoms with Crippen LogP contribution < -0.4 is 15.4 Å². The lowest BCUT2D eigenvalue weighted by Gasteiger charge is -2.42. The highest BCUT2D eigenvalue weighted by atomic mass is 32.1. The molecule has 3 aromatic rings. The summed E-state index contributed by atoms with van der Waals surface area (Å²) in [6.07, 6.45) is 5.62. The van der Waals surface area contributed by atoms with E-state index in [4.69, 9.17) is 20.4 Å². The molecule has 206 valence electrons. The molecule has 1 aliphatic rings. The molecule has 0 aliphatic carbocycles. The predicted octanol–water partition coefficient (Wildman–Crippen LogP) is 6.28. The number of hydrogen-bond acceptors (Lipinski definition) is 8. The summed E-state index contributed by atoms with van der Waals surface area (Å²) in [5.41, 5.74) is 10.7. The number of nitrogen functional groups attached to an aromatic ring is 1. The van der Waals surface area contributed by atoms with Crippen LogP contribution in [0.5, 0.6) is 5.75 Å². The summed E-state index contributed by atoms with van der Waals surface area (Å²) in [5.74, 6) is 0.976. The minimum atomic E-state index is -0.0708. The van der Waals surface area contributed by atoms with Gasteiger partial charge in [0.2, 0.25) is 0 Å². The smallest absolute Gasteiger partial charge is 0.185 e. The average molecular weight is 537 g/mol. The number of nitrogens with zero attached hydrogens (tertiary/aromatic N) is 5. The van der Waals surface area contributed by atoms with Crippen molar-refractivity contribution in [1.82, 2.24) is 19.9 Å². The molecule has 0 atom stereocenters. The van der Waals surface area contributed by atoms with Crippen LogP contribution >= 0.6 is 11.3 Å². The van der Waals surface area contributed by atoms with Gasteiger partial charge in [-0.2, -0.15) is 0 Å². The van der Waals surface area contributed by atoms with E-state index in [-0.39, 0.29) is 16.4 Å². The fourth-order valence-corrected chi connectivity index (χ4v) is 5.95. The predicted molar refractivity (Wildman–Crippen MR) is 159 cm³/mol. The Bertz CT molecular complexity index is 1260. The fourth-order valence-electron chi connectivity index (χ4n) is 5.00. The Kier molecular flexibility index (Phi) is 7.79. The molecule has 0 aromatic carbocycles. The number of aromatic nitrogens is 3. The zero-order valence-electron chi connectivity index (χ0n) is 24.6. The van der Waals surface area contributed by atoms with Crippen molar-refractivity contribution in [2.24, 2.45) is 0 Å². The molecule has 0 saturated carbocycles. The van der Waals surface area contributed by atoms with Crippen LogP contribution in [0.4, 0.5) is 10.9 Å². The average Bonchev–Trinajstić information content (AvgIpc) is 3.32. The van der Waals surface area contributed by atoms with Crippen molar-refractivity contribution in [2.45, 2.75) is 85.3 Å². The van der Waals surface area contributed by atoms with E-state index in [9.17, 15) is 0 Å². The normalized spacial score (nSPS) is 15.7. The Morgan fingerprint density at radius 2 is 1.58 bits per heavy atom. The summed E-state index contributed by atoms with van der Waals surface area (Å²) in [5, 5.41) is 1.05. The van der Waals surface area contributed by atoms with Gasteiger partial charge < -0.3 is 15.4 Å². The number of ether oxygens (including phenoxy) is 1. The molecule has 7 nitrogen and oxygen atoms in total. The van der Waals surface area contributed by atoms with Gasteiger partial charge in [-0.25, -0.2) is 9.97 Å². The lowest BCUT2D eigenvalue weighted by Crippen LogP contribution is -2.53. The van der Waals surface area contributed by atoms with Crippen molar-refractivity contribution in [3.05, 3.63) is 47.5 Å². The van der Waals surface area contributed by atoms with Gasteiger partial charge in [-0.05, 0) is 49.4 Å². The third-order valence-corrected chi connectivity index (χ3v) is 8.15. The van der Waals surface area contributed by atoms with Gasteiger partial charge in [-0.1, -0.05) is 52.9 Å². The van der Waals surface area contributed by atoms with E-state index in [0.29, 0.717) is 18.2 Å². The monoisotopic (exact) mass is 536 g/mol. The van der Waals surface area contributed by atoms with Crippen LogP contribution in [0, 0.1) is 0 Å². The van der Waals surface area contributed by atoms with Gasteiger partial charge in [0.25, 0.3) is 0 Å². The van der Waals surface area contributed by atoms with Gasteiger partial charge in [0.15, 0.2) is 16.7 Å². The first kappa shape index (κ1) is 28.3. The van der Waals surface area contributed by atoms with Crippen molar-refractivity contribution in [3.8, 4) is 16.2 Å². The maximum Gasteiger partial charge on any atom is 0.185 e. The molecule has 1 aliphatic heterocycles. The highest BCUT2D eigenvalue weighted by Gasteiger charge is 2.29. The summed E-state index contributed by atoms with van der Waals surface area (Å²) in [6, 6.07) is 4.04. The van der Waals surface area contributed by atoms with Gasteiger partial charge >= 0.3 is 0 Å². The van der Waals surface area contributed by atoms with Gasteiger partial charge in [-0.15, -0.1) is 0 Å². The van der Waals surface area contributed by atoms with Gasteiger partial charge in [0, 0.05) is 67.0 Å². The zero-order chi connectivity index (χ0) is 27.9. The second kappa shape index (κ2) is 10.5. The van der Waals surface area contributed by atoms with E-state index in [2.05, 4.69) is 83.2 Å². The molecular formula is C30H44N6OS. The van der Waals surface area contributed by atoms with Crippen LogP contribution in [0.25, 0.3) is 10.4 Å². The topological polar surface area (TPSA) is 80.4 Å². The maximum atomic E-state index is 6.31. The van der Waals surface area contributed by atoms with Crippen LogP contribution in [-0.2, 0) is 17.4 Å².